The summed E-state index contributed by atoms with van der Waals surface area (Å²) < 4.78 is 33.4. The van der Waals surface area contributed by atoms with Gasteiger partial charge in [-0.3, -0.25) is 4.79 Å². The molecule has 0 heterocycles. The first-order valence-corrected chi connectivity index (χ1v) is 16.9. The van der Waals surface area contributed by atoms with Crippen molar-refractivity contribution >= 4 is 33.7 Å². The Morgan fingerprint density at radius 3 is 2.38 bits per heavy atom. The third kappa shape index (κ3) is 9.69. The minimum absolute atomic E-state index is 0.0343. The SMILES string of the molecule is COCCCS(=O)(=O)N(CCc1ccccc1)Cc1ccc(C(=O)N[C@@H](CCSC)C(=O)O)c(-c2ccccc2C)c1. The van der Waals surface area contributed by atoms with E-state index in [2.05, 4.69) is 5.32 Å². The lowest BCUT2D eigenvalue weighted by molar-refractivity contribution is -0.139. The highest BCUT2D eigenvalue weighted by Gasteiger charge is 2.25. The van der Waals surface area contributed by atoms with Crippen molar-refractivity contribution in [3.05, 3.63) is 95.1 Å². The Morgan fingerprint density at radius 1 is 1.00 bits per heavy atom. The van der Waals surface area contributed by atoms with Gasteiger partial charge in [0.25, 0.3) is 5.91 Å². The van der Waals surface area contributed by atoms with Crippen molar-refractivity contribution in [3.8, 4) is 11.1 Å². The first-order chi connectivity index (χ1) is 20.2. The van der Waals surface area contributed by atoms with Gasteiger partial charge in [-0.1, -0.05) is 60.7 Å². The molecule has 0 bridgehead atoms. The minimum Gasteiger partial charge on any atom is -0.480 e. The number of amides is 1. The van der Waals surface area contributed by atoms with Crippen molar-refractivity contribution in [2.45, 2.75) is 38.8 Å². The fourth-order valence-corrected chi connectivity index (χ4v) is 6.58. The van der Waals surface area contributed by atoms with Gasteiger partial charge in [0, 0.05) is 32.4 Å². The van der Waals surface area contributed by atoms with Gasteiger partial charge in [-0.15, -0.1) is 0 Å². The summed E-state index contributed by atoms with van der Waals surface area (Å²) >= 11 is 1.51. The fourth-order valence-electron chi connectivity index (χ4n) is 4.65. The summed E-state index contributed by atoms with van der Waals surface area (Å²) in [6, 6.07) is 21.6. The number of benzene rings is 3. The molecule has 0 aliphatic rings. The van der Waals surface area contributed by atoms with Gasteiger partial charge in [0.2, 0.25) is 10.0 Å². The van der Waals surface area contributed by atoms with Crippen LogP contribution in [-0.4, -0.2) is 73.8 Å². The largest absolute Gasteiger partial charge is 0.480 e. The minimum atomic E-state index is -3.60. The van der Waals surface area contributed by atoms with Crippen molar-refractivity contribution < 1.29 is 27.9 Å². The van der Waals surface area contributed by atoms with Gasteiger partial charge < -0.3 is 15.2 Å². The third-order valence-electron chi connectivity index (χ3n) is 6.97. The predicted molar refractivity (Wildman–Crippen MR) is 169 cm³/mol. The number of carboxylic acids is 1. The molecule has 1 amide bonds. The summed E-state index contributed by atoms with van der Waals surface area (Å²) in [6.45, 7) is 2.72. The maximum atomic E-state index is 13.4. The number of aryl methyl sites for hydroxylation is 1. The van der Waals surface area contributed by atoms with E-state index >= 15 is 0 Å². The van der Waals surface area contributed by atoms with Gasteiger partial charge in [0.1, 0.15) is 6.04 Å². The highest BCUT2D eigenvalue weighted by Crippen LogP contribution is 2.29. The van der Waals surface area contributed by atoms with E-state index in [1.54, 1.807) is 19.2 Å². The summed E-state index contributed by atoms with van der Waals surface area (Å²) in [7, 11) is -2.05. The lowest BCUT2D eigenvalue weighted by Crippen LogP contribution is -2.41. The number of hydrogen-bond donors (Lipinski definition) is 2. The predicted octanol–water partition coefficient (Wildman–Crippen LogP) is 5.01. The van der Waals surface area contributed by atoms with Crippen molar-refractivity contribution in [1.29, 1.82) is 0 Å². The second-order valence-electron chi connectivity index (χ2n) is 10.1. The van der Waals surface area contributed by atoms with Crippen LogP contribution in [0.2, 0.25) is 0 Å². The number of methoxy groups -OCH3 is 1. The van der Waals surface area contributed by atoms with Crippen LogP contribution in [-0.2, 0) is 32.5 Å². The first kappa shape index (κ1) is 33.3. The van der Waals surface area contributed by atoms with Crippen LogP contribution in [0.15, 0.2) is 72.8 Å². The maximum Gasteiger partial charge on any atom is 0.326 e. The van der Waals surface area contributed by atoms with E-state index < -0.39 is 27.9 Å². The maximum absolute atomic E-state index is 13.4. The number of ether oxygens (including phenoxy) is 1. The second-order valence-corrected chi connectivity index (χ2v) is 13.1. The number of carbonyl (C=O) groups is 2. The molecule has 0 saturated heterocycles. The molecule has 1 atom stereocenters. The van der Waals surface area contributed by atoms with E-state index in [4.69, 9.17) is 4.74 Å². The van der Waals surface area contributed by atoms with Crippen LogP contribution in [0.5, 0.6) is 0 Å². The molecule has 0 spiro atoms. The Morgan fingerprint density at radius 2 is 1.71 bits per heavy atom. The summed E-state index contributed by atoms with van der Waals surface area (Å²) in [5, 5.41) is 12.3. The summed E-state index contributed by atoms with van der Waals surface area (Å²) in [5.74, 6) is -1.01. The molecule has 0 saturated carbocycles. The fraction of sp³-hybridized carbons (Fsp3) is 0.375. The van der Waals surface area contributed by atoms with E-state index in [1.807, 2.05) is 73.8 Å². The van der Waals surface area contributed by atoms with Crippen molar-refractivity contribution in [3.63, 3.8) is 0 Å². The molecular weight excluding hydrogens is 572 g/mol. The molecule has 2 N–H and O–H groups in total. The van der Waals surface area contributed by atoms with E-state index in [0.717, 1.165) is 22.3 Å². The number of carboxylic acid groups (broad SMARTS) is 1. The molecule has 8 nitrogen and oxygen atoms in total. The number of nitrogens with one attached hydrogen (secondary N) is 1. The Labute approximate surface area is 253 Å². The Hall–Kier alpha value is -3.18. The van der Waals surface area contributed by atoms with E-state index in [9.17, 15) is 23.1 Å². The van der Waals surface area contributed by atoms with Crippen LogP contribution in [0.3, 0.4) is 0 Å². The molecule has 42 heavy (non-hydrogen) atoms. The van der Waals surface area contributed by atoms with Gasteiger partial charge in [0.05, 0.1) is 5.75 Å². The molecule has 0 fully saturated rings. The molecule has 0 aliphatic heterocycles. The molecule has 3 aromatic rings. The molecule has 10 heteroatoms. The molecule has 0 aromatic heterocycles. The molecule has 0 aliphatic carbocycles. The highest BCUT2D eigenvalue weighted by molar-refractivity contribution is 7.98. The summed E-state index contributed by atoms with van der Waals surface area (Å²) in [5.41, 5.74) is 4.48. The molecule has 0 radical (unpaired) electrons. The van der Waals surface area contributed by atoms with Gasteiger partial charge in [-0.05, 0) is 78.1 Å². The van der Waals surface area contributed by atoms with Crippen LogP contribution < -0.4 is 5.32 Å². The van der Waals surface area contributed by atoms with Crippen LogP contribution >= 0.6 is 11.8 Å². The van der Waals surface area contributed by atoms with E-state index in [0.29, 0.717) is 49.3 Å². The second kappa shape index (κ2) is 16.5. The van der Waals surface area contributed by atoms with Crippen LogP contribution in [0.25, 0.3) is 11.1 Å². The normalized spacial score (nSPS) is 12.3. The monoisotopic (exact) mass is 612 g/mol. The van der Waals surface area contributed by atoms with Crippen LogP contribution in [0, 0.1) is 6.92 Å². The van der Waals surface area contributed by atoms with Gasteiger partial charge in [-0.25, -0.2) is 13.2 Å². The number of nitrogens with zero attached hydrogens (tertiary/aromatic N) is 1. The van der Waals surface area contributed by atoms with Crippen LogP contribution in [0.4, 0.5) is 0 Å². The van der Waals surface area contributed by atoms with E-state index in [1.165, 1.54) is 16.1 Å². The first-order valence-electron chi connectivity index (χ1n) is 13.9. The summed E-state index contributed by atoms with van der Waals surface area (Å²) in [6.07, 6.45) is 3.13. The lowest BCUT2D eigenvalue weighted by Gasteiger charge is -2.23. The number of thioether (sulfide) groups is 1. The molecule has 0 unspecified atom stereocenters. The standard InChI is InChI=1S/C32H40N2O6S2/c1-24-10-7-8-13-27(24)29-22-26(14-15-28(29)31(35)33-30(32(36)37)17-20-41-3)23-34(42(38,39)21-9-19-40-2)18-16-25-11-5-4-6-12-25/h4-8,10-15,22,30H,9,16-21,23H2,1-3H3,(H,33,35)(H,36,37)/t30-/m0/s1. The zero-order chi connectivity index (χ0) is 30.5. The third-order valence-corrected chi connectivity index (χ3v) is 9.52. The number of sulfonamides is 1. The Kier molecular flexibility index (Phi) is 13.1. The van der Waals surface area contributed by atoms with E-state index in [-0.39, 0.29) is 12.3 Å². The topological polar surface area (TPSA) is 113 Å². The van der Waals surface area contributed by atoms with Gasteiger partial charge >= 0.3 is 5.97 Å². The number of rotatable bonds is 17. The molecule has 3 aromatic carbocycles. The van der Waals surface area contributed by atoms with Crippen molar-refractivity contribution in [2.75, 3.05) is 38.0 Å². The molecular formula is C32H40N2O6S2. The Bertz CT molecular complexity index is 1430. The Balaban J connectivity index is 1.97. The summed E-state index contributed by atoms with van der Waals surface area (Å²) in [4.78, 5) is 25.2. The highest BCUT2D eigenvalue weighted by atomic mass is 32.2. The average Bonchev–Trinajstić information content (AvgIpc) is 2.97. The van der Waals surface area contributed by atoms with Gasteiger partial charge in [-0.2, -0.15) is 16.1 Å². The number of hydrogen-bond acceptors (Lipinski definition) is 6. The quantitative estimate of drug-likeness (QED) is 0.206. The van der Waals surface area contributed by atoms with Crippen LogP contribution in [0.1, 0.15) is 39.9 Å². The molecule has 3 rings (SSSR count). The number of carbonyl (C=O) groups excluding carboxylic acids is 1. The number of aliphatic carboxylic acids is 1. The van der Waals surface area contributed by atoms with Crippen molar-refractivity contribution in [1.82, 2.24) is 9.62 Å². The van der Waals surface area contributed by atoms with Crippen molar-refractivity contribution in [2.24, 2.45) is 0 Å². The zero-order valence-corrected chi connectivity index (χ0v) is 26.0. The average molecular weight is 613 g/mol. The van der Waals surface area contributed by atoms with Gasteiger partial charge in [0.15, 0.2) is 0 Å². The smallest absolute Gasteiger partial charge is 0.326 e. The zero-order valence-electron chi connectivity index (χ0n) is 24.4. The molecule has 226 valence electrons. The lowest BCUT2D eigenvalue weighted by atomic mass is 9.93.